The normalized spacial score (nSPS) is 10.6. The van der Waals surface area contributed by atoms with Gasteiger partial charge in [0.15, 0.2) is 11.6 Å². The van der Waals surface area contributed by atoms with E-state index in [0.717, 1.165) is 0 Å². The monoisotopic (exact) mass is 368 g/mol. The van der Waals surface area contributed by atoms with Crippen molar-refractivity contribution in [3.63, 3.8) is 0 Å². The number of hydrogen-bond donors (Lipinski definition) is 4. The quantitative estimate of drug-likeness (QED) is 0.611. The van der Waals surface area contributed by atoms with Crippen molar-refractivity contribution in [2.75, 3.05) is 12.3 Å². The van der Waals surface area contributed by atoms with E-state index >= 15 is 0 Å². The molecule has 0 amide bonds. The Labute approximate surface area is 144 Å². The van der Waals surface area contributed by atoms with Crippen molar-refractivity contribution in [1.29, 1.82) is 0 Å². The summed E-state index contributed by atoms with van der Waals surface area (Å²) in [6.07, 6.45) is 0.436. The highest BCUT2D eigenvalue weighted by atomic mass is 19.1. The van der Waals surface area contributed by atoms with Crippen molar-refractivity contribution >= 4 is 17.8 Å². The fourth-order valence-electron chi connectivity index (χ4n) is 2.41. The number of benzene rings is 1. The first-order valence-corrected chi connectivity index (χ1v) is 7.33. The summed E-state index contributed by atoms with van der Waals surface area (Å²) < 4.78 is 33.2. The van der Waals surface area contributed by atoms with Gasteiger partial charge in [-0.2, -0.15) is 0 Å². The summed E-state index contributed by atoms with van der Waals surface area (Å²) in [5, 5.41) is 18.7. The smallest absolute Gasteiger partial charge is 0.342 e. The van der Waals surface area contributed by atoms with E-state index in [0.29, 0.717) is 18.6 Å². The highest BCUT2D eigenvalue weighted by Crippen LogP contribution is 2.38. The number of nitrogens with two attached hydrogens (primary N) is 1. The van der Waals surface area contributed by atoms with Crippen LogP contribution in [0.15, 0.2) is 16.9 Å². The number of nitrogens with one attached hydrogen (secondary N) is 1. The van der Waals surface area contributed by atoms with E-state index in [1.807, 2.05) is 4.98 Å². The summed E-state index contributed by atoms with van der Waals surface area (Å²) in [4.78, 5) is 37.0. The first kappa shape index (κ1) is 18.9. The third kappa shape index (κ3) is 3.34. The standard InChI is InChI=1S/C16H14F2N2O6/c1-2-3-26-12-7(4-6(17)5-8(12)18)9-10(15(22)23)13(19)20-14(21)11(9)16(24)25/h4-5H,2-3H2,1H3,(H,22,23)(H,24,25)(H3,19,20,21). The summed E-state index contributed by atoms with van der Waals surface area (Å²) in [5.74, 6) is -7.03. The number of carboxylic acids is 2. The van der Waals surface area contributed by atoms with E-state index in [1.165, 1.54) is 0 Å². The lowest BCUT2D eigenvalue weighted by Gasteiger charge is -2.16. The number of aromatic nitrogens is 1. The van der Waals surface area contributed by atoms with Gasteiger partial charge in [0.1, 0.15) is 22.8 Å². The third-order valence-electron chi connectivity index (χ3n) is 3.40. The van der Waals surface area contributed by atoms with Gasteiger partial charge in [0.2, 0.25) is 0 Å². The predicted octanol–water partition coefficient (Wildman–Crippen LogP) is 2.09. The number of ether oxygens (including phenoxy) is 1. The number of carboxylic acid groups (broad SMARTS) is 2. The molecule has 2 aromatic rings. The van der Waals surface area contributed by atoms with Crippen molar-refractivity contribution < 1.29 is 33.3 Å². The Bertz CT molecular complexity index is 955. The van der Waals surface area contributed by atoms with Gasteiger partial charge in [-0.25, -0.2) is 18.4 Å². The fraction of sp³-hybridized carbons (Fsp3) is 0.188. The number of carbonyl (C=O) groups is 2. The van der Waals surface area contributed by atoms with Crippen LogP contribution in [0.25, 0.3) is 11.1 Å². The number of aromatic amines is 1. The van der Waals surface area contributed by atoms with Crippen LogP contribution in [0.3, 0.4) is 0 Å². The van der Waals surface area contributed by atoms with Gasteiger partial charge >= 0.3 is 11.9 Å². The molecule has 0 unspecified atom stereocenters. The number of pyridine rings is 1. The molecule has 0 aliphatic rings. The van der Waals surface area contributed by atoms with E-state index in [4.69, 9.17) is 10.5 Å². The molecule has 0 saturated carbocycles. The van der Waals surface area contributed by atoms with E-state index in [2.05, 4.69) is 0 Å². The zero-order valence-corrected chi connectivity index (χ0v) is 13.4. The average molecular weight is 368 g/mol. The number of aromatic carboxylic acids is 2. The molecule has 5 N–H and O–H groups in total. The Balaban J connectivity index is 3.02. The molecule has 8 nitrogen and oxygen atoms in total. The van der Waals surface area contributed by atoms with Crippen LogP contribution in [0.4, 0.5) is 14.6 Å². The molecule has 0 spiro atoms. The Hall–Kier alpha value is -3.43. The van der Waals surface area contributed by atoms with Crippen LogP contribution in [0, 0.1) is 11.6 Å². The fourth-order valence-corrected chi connectivity index (χ4v) is 2.41. The molecule has 0 aliphatic heterocycles. The molecule has 138 valence electrons. The minimum Gasteiger partial charge on any atom is -0.490 e. The number of H-pyrrole nitrogens is 1. The van der Waals surface area contributed by atoms with Gasteiger partial charge in [-0.3, -0.25) is 4.79 Å². The lowest BCUT2D eigenvalue weighted by Crippen LogP contribution is -2.24. The summed E-state index contributed by atoms with van der Waals surface area (Å²) >= 11 is 0. The van der Waals surface area contributed by atoms with Crippen LogP contribution in [0.5, 0.6) is 5.75 Å². The summed E-state index contributed by atoms with van der Waals surface area (Å²) in [6.45, 7) is 1.69. The van der Waals surface area contributed by atoms with E-state index in [-0.39, 0.29) is 6.61 Å². The molecule has 1 heterocycles. The van der Waals surface area contributed by atoms with Crippen molar-refractivity contribution in [2.24, 2.45) is 0 Å². The summed E-state index contributed by atoms with van der Waals surface area (Å²) in [7, 11) is 0. The van der Waals surface area contributed by atoms with Crippen molar-refractivity contribution in [3.8, 4) is 16.9 Å². The largest absolute Gasteiger partial charge is 0.490 e. The molecule has 2 rings (SSSR count). The maximum Gasteiger partial charge on any atom is 0.342 e. The van der Waals surface area contributed by atoms with E-state index < -0.39 is 63.0 Å². The molecule has 0 saturated heterocycles. The second-order valence-electron chi connectivity index (χ2n) is 5.22. The van der Waals surface area contributed by atoms with Crippen molar-refractivity contribution in [1.82, 2.24) is 4.98 Å². The highest BCUT2D eigenvalue weighted by Gasteiger charge is 2.30. The lowest BCUT2D eigenvalue weighted by molar-refractivity contribution is 0.0695. The second kappa shape index (κ2) is 7.21. The maximum atomic E-state index is 14.2. The Morgan fingerprint density at radius 1 is 1.19 bits per heavy atom. The van der Waals surface area contributed by atoms with Gasteiger partial charge in [-0.15, -0.1) is 0 Å². The molecule has 10 heteroatoms. The van der Waals surface area contributed by atoms with Crippen LogP contribution in [0.1, 0.15) is 34.1 Å². The topological polar surface area (TPSA) is 143 Å². The number of halogens is 2. The molecular formula is C16H14F2N2O6. The van der Waals surface area contributed by atoms with Gasteiger partial charge in [0.05, 0.1) is 6.61 Å². The summed E-state index contributed by atoms with van der Waals surface area (Å²) in [5.41, 5.74) is 1.16. The Kier molecular flexibility index (Phi) is 5.24. The number of anilines is 1. The molecule has 0 atom stereocenters. The molecule has 1 aromatic heterocycles. The van der Waals surface area contributed by atoms with Crippen LogP contribution < -0.4 is 16.0 Å². The minimum absolute atomic E-state index is 0.0148. The number of hydrogen-bond acceptors (Lipinski definition) is 5. The maximum absolute atomic E-state index is 14.2. The van der Waals surface area contributed by atoms with Crippen molar-refractivity contribution in [2.45, 2.75) is 13.3 Å². The Morgan fingerprint density at radius 3 is 2.35 bits per heavy atom. The van der Waals surface area contributed by atoms with Gasteiger partial charge in [-0.05, 0) is 12.5 Å². The minimum atomic E-state index is -1.80. The van der Waals surface area contributed by atoms with Crippen molar-refractivity contribution in [3.05, 3.63) is 45.2 Å². The molecule has 0 fully saturated rings. The summed E-state index contributed by atoms with van der Waals surface area (Å²) in [6, 6.07) is 1.17. The third-order valence-corrected chi connectivity index (χ3v) is 3.40. The molecule has 26 heavy (non-hydrogen) atoms. The van der Waals surface area contributed by atoms with Crippen LogP contribution in [0.2, 0.25) is 0 Å². The SMILES string of the molecule is CCCOc1c(F)cc(F)cc1-c1c(C(=O)O)c(N)[nH]c(=O)c1C(=O)O. The van der Waals surface area contributed by atoms with Gasteiger partial charge in [-0.1, -0.05) is 6.92 Å². The van der Waals surface area contributed by atoms with E-state index in [9.17, 15) is 33.4 Å². The highest BCUT2D eigenvalue weighted by molar-refractivity contribution is 6.08. The van der Waals surface area contributed by atoms with E-state index in [1.54, 1.807) is 6.92 Å². The molecular weight excluding hydrogens is 354 g/mol. The van der Waals surface area contributed by atoms with Crippen LogP contribution >= 0.6 is 0 Å². The Morgan fingerprint density at radius 2 is 1.81 bits per heavy atom. The molecule has 0 aliphatic carbocycles. The zero-order chi connectivity index (χ0) is 19.6. The predicted molar refractivity (Wildman–Crippen MR) is 86.5 cm³/mol. The first-order valence-electron chi connectivity index (χ1n) is 7.33. The molecule has 0 bridgehead atoms. The van der Waals surface area contributed by atoms with Crippen LogP contribution in [-0.4, -0.2) is 33.7 Å². The second-order valence-corrected chi connectivity index (χ2v) is 5.22. The lowest BCUT2D eigenvalue weighted by atomic mass is 9.94. The van der Waals surface area contributed by atoms with Gasteiger partial charge in [0.25, 0.3) is 5.56 Å². The average Bonchev–Trinajstić information content (AvgIpc) is 2.51. The first-order chi connectivity index (χ1) is 12.2. The zero-order valence-electron chi connectivity index (χ0n) is 13.4. The number of nitrogen functional groups attached to an aromatic ring is 1. The molecule has 0 radical (unpaired) electrons. The van der Waals surface area contributed by atoms with Crippen LogP contribution in [-0.2, 0) is 0 Å². The van der Waals surface area contributed by atoms with Gasteiger partial charge in [0, 0.05) is 17.2 Å². The number of rotatable bonds is 6. The van der Waals surface area contributed by atoms with Gasteiger partial charge < -0.3 is 25.7 Å². The molecule has 1 aromatic carbocycles.